The van der Waals surface area contributed by atoms with Crippen molar-refractivity contribution in [3.05, 3.63) is 18.6 Å². The molecule has 1 aliphatic carbocycles. The molecule has 10 nitrogen and oxygen atoms in total. The average molecular weight is 452 g/mol. The molecule has 0 radical (unpaired) electrons. The Bertz CT molecular complexity index is 1110. The molecule has 0 unspecified atom stereocenters. The molecule has 2 saturated heterocycles. The quantitative estimate of drug-likeness (QED) is 0.747. The van der Waals surface area contributed by atoms with Crippen LogP contribution in [-0.2, 0) is 9.53 Å². The molecule has 33 heavy (non-hydrogen) atoms. The van der Waals surface area contributed by atoms with Crippen molar-refractivity contribution in [1.29, 1.82) is 5.26 Å². The van der Waals surface area contributed by atoms with Crippen molar-refractivity contribution < 1.29 is 14.3 Å². The lowest BCUT2D eigenvalue weighted by Gasteiger charge is -2.53. The maximum absolute atomic E-state index is 12.8. The summed E-state index contributed by atoms with van der Waals surface area (Å²) >= 11 is 0. The predicted octanol–water partition coefficient (Wildman–Crippen LogP) is 1.75. The minimum atomic E-state index is -0.413. The van der Waals surface area contributed by atoms with Crippen molar-refractivity contribution in [3.8, 4) is 6.07 Å². The van der Waals surface area contributed by atoms with Crippen LogP contribution in [-0.4, -0.2) is 76.8 Å². The predicted molar refractivity (Wildman–Crippen MR) is 121 cm³/mol. The van der Waals surface area contributed by atoms with Crippen LogP contribution >= 0.6 is 0 Å². The van der Waals surface area contributed by atoms with Crippen molar-refractivity contribution >= 4 is 28.9 Å². The zero-order chi connectivity index (χ0) is 23.2. The summed E-state index contributed by atoms with van der Waals surface area (Å²) in [5.41, 5.74) is 0.845. The maximum atomic E-state index is 12.8. The highest BCUT2D eigenvalue weighted by molar-refractivity contribution is 5.93. The van der Waals surface area contributed by atoms with Crippen LogP contribution in [0.1, 0.15) is 32.6 Å². The van der Waals surface area contributed by atoms with Crippen LogP contribution in [0, 0.1) is 22.7 Å². The van der Waals surface area contributed by atoms with E-state index in [0.717, 1.165) is 37.7 Å². The van der Waals surface area contributed by atoms with Crippen molar-refractivity contribution in [3.63, 3.8) is 0 Å². The zero-order valence-electron chi connectivity index (χ0n) is 19.0. The van der Waals surface area contributed by atoms with Crippen LogP contribution in [0.5, 0.6) is 0 Å². The Morgan fingerprint density at radius 2 is 2.15 bits per heavy atom. The number of fused-ring (bicyclic) bond motifs is 1. The summed E-state index contributed by atoms with van der Waals surface area (Å²) in [4.78, 5) is 37.8. The summed E-state index contributed by atoms with van der Waals surface area (Å²) in [6, 6.07) is 3.83. The van der Waals surface area contributed by atoms with E-state index < -0.39 is 6.09 Å². The molecular formula is C23H29N7O3. The molecule has 2 aliphatic heterocycles. The Kier molecular flexibility index (Phi) is 5.44. The molecule has 0 bridgehead atoms. The molecule has 10 heteroatoms. The number of rotatable bonds is 4. The Labute approximate surface area is 192 Å². The Hall–Kier alpha value is -3.19. The van der Waals surface area contributed by atoms with E-state index in [1.807, 2.05) is 19.2 Å². The van der Waals surface area contributed by atoms with Crippen LogP contribution in [0.15, 0.2) is 18.6 Å². The summed E-state index contributed by atoms with van der Waals surface area (Å²) in [5, 5.41) is 12.9. The van der Waals surface area contributed by atoms with Gasteiger partial charge in [0.15, 0.2) is 5.65 Å². The van der Waals surface area contributed by atoms with Gasteiger partial charge in [-0.25, -0.2) is 19.3 Å². The molecular weight excluding hydrogens is 422 g/mol. The first-order chi connectivity index (χ1) is 15.9. The van der Waals surface area contributed by atoms with Crippen LogP contribution < -0.4 is 10.2 Å². The molecule has 2 aromatic heterocycles. The molecule has 2 atom stereocenters. The third-order valence-electron chi connectivity index (χ3n) is 7.58. The smallest absolute Gasteiger partial charge is 0.419 e. The van der Waals surface area contributed by atoms with Gasteiger partial charge in [0.1, 0.15) is 24.7 Å². The average Bonchev–Trinajstić information content (AvgIpc) is 3.19. The van der Waals surface area contributed by atoms with E-state index >= 15 is 0 Å². The standard InChI is InChI=1S/C23H29N7O3/c1-15-4-7-29(19(31)3-6-24)11-18(15)28(2)20-17-5-8-30(21(17)27-14-26-20)22(32)33-16-9-23(10-16)12-25-13-23/h5,8,14-16,18,25H,3-4,7,9-13H2,1-2H3/t15-,18+/m1/s1. The molecule has 0 aromatic carbocycles. The van der Waals surface area contributed by atoms with Crippen molar-refractivity contribution in [1.82, 2.24) is 24.8 Å². The summed E-state index contributed by atoms with van der Waals surface area (Å²) < 4.78 is 7.17. The topological polar surface area (TPSA) is 116 Å². The summed E-state index contributed by atoms with van der Waals surface area (Å²) in [6.07, 6.45) is 5.26. The van der Waals surface area contributed by atoms with Gasteiger partial charge in [0, 0.05) is 44.8 Å². The van der Waals surface area contributed by atoms with Crippen LogP contribution in [0.25, 0.3) is 11.0 Å². The first kappa shape index (κ1) is 21.6. The van der Waals surface area contributed by atoms with E-state index in [9.17, 15) is 9.59 Å². The molecule has 1 spiro atoms. The number of hydrogen-bond donors (Lipinski definition) is 1. The van der Waals surface area contributed by atoms with E-state index in [2.05, 4.69) is 27.1 Å². The van der Waals surface area contributed by atoms with Gasteiger partial charge >= 0.3 is 6.09 Å². The Morgan fingerprint density at radius 1 is 1.36 bits per heavy atom. The molecule has 3 aliphatic rings. The van der Waals surface area contributed by atoms with Gasteiger partial charge in [0.25, 0.3) is 0 Å². The van der Waals surface area contributed by atoms with E-state index in [1.54, 1.807) is 11.1 Å². The summed E-state index contributed by atoms with van der Waals surface area (Å²) in [7, 11) is 1.96. The molecule has 1 amide bonds. The first-order valence-electron chi connectivity index (χ1n) is 11.5. The number of nitrogens with one attached hydrogen (secondary N) is 1. The molecule has 2 aromatic rings. The highest BCUT2D eigenvalue weighted by Gasteiger charge is 2.50. The lowest BCUT2D eigenvalue weighted by atomic mass is 9.63. The molecule has 1 N–H and O–H groups in total. The van der Waals surface area contributed by atoms with Crippen LogP contribution in [0.3, 0.4) is 0 Å². The Balaban J connectivity index is 1.33. The zero-order valence-corrected chi connectivity index (χ0v) is 19.0. The monoisotopic (exact) mass is 451 g/mol. The third kappa shape index (κ3) is 3.80. The van der Waals surface area contributed by atoms with Crippen molar-refractivity contribution in [2.75, 3.05) is 38.1 Å². The second-order valence-corrected chi connectivity index (χ2v) is 9.76. The van der Waals surface area contributed by atoms with Crippen molar-refractivity contribution in [2.45, 2.75) is 44.8 Å². The summed E-state index contributed by atoms with van der Waals surface area (Å²) in [6.45, 7) is 5.37. The highest BCUT2D eigenvalue weighted by Crippen LogP contribution is 2.45. The molecule has 174 valence electrons. The number of amides is 1. The van der Waals surface area contributed by atoms with Crippen LogP contribution in [0.2, 0.25) is 0 Å². The minimum Gasteiger partial charge on any atom is -0.446 e. The number of likely N-dealkylation sites (N-methyl/N-ethyl adjacent to an activating group) is 1. The fraction of sp³-hybridized carbons (Fsp3) is 0.609. The molecule has 4 heterocycles. The van der Waals surface area contributed by atoms with Gasteiger partial charge in [-0.1, -0.05) is 6.92 Å². The van der Waals surface area contributed by atoms with E-state index in [1.165, 1.54) is 10.9 Å². The molecule has 1 saturated carbocycles. The third-order valence-corrected chi connectivity index (χ3v) is 7.58. The van der Waals surface area contributed by atoms with Gasteiger partial charge in [0.05, 0.1) is 17.5 Å². The Morgan fingerprint density at radius 3 is 2.85 bits per heavy atom. The SMILES string of the molecule is C[C@@H]1CCN(C(=O)CC#N)C[C@@H]1N(C)c1ncnc2c1ccn2C(=O)OC1CC2(CNC2)C1. The van der Waals surface area contributed by atoms with Gasteiger partial charge in [-0.2, -0.15) is 5.26 Å². The van der Waals surface area contributed by atoms with Crippen molar-refractivity contribution in [2.24, 2.45) is 11.3 Å². The lowest BCUT2D eigenvalue weighted by molar-refractivity contribution is -0.131. The number of aromatic nitrogens is 3. The normalized spacial score (nSPS) is 24.1. The summed E-state index contributed by atoms with van der Waals surface area (Å²) in [5.74, 6) is 0.909. The number of nitrogens with zero attached hydrogens (tertiary/aromatic N) is 6. The van der Waals surface area contributed by atoms with Gasteiger partial charge in [-0.3, -0.25) is 4.79 Å². The minimum absolute atomic E-state index is 0.0389. The number of carbonyl (C=O) groups excluding carboxylic acids is 2. The maximum Gasteiger partial charge on any atom is 0.419 e. The number of likely N-dealkylation sites (tertiary alicyclic amines) is 1. The van der Waals surface area contributed by atoms with Gasteiger partial charge in [-0.05, 0) is 31.2 Å². The van der Waals surface area contributed by atoms with E-state index in [4.69, 9.17) is 10.00 Å². The molecule has 3 fully saturated rings. The highest BCUT2D eigenvalue weighted by atomic mass is 16.6. The number of piperidine rings is 1. The lowest BCUT2D eigenvalue weighted by Crippen LogP contribution is -2.62. The number of nitriles is 1. The molecule has 5 rings (SSSR count). The van der Waals surface area contributed by atoms with E-state index in [0.29, 0.717) is 35.9 Å². The van der Waals surface area contributed by atoms with Gasteiger partial charge in [0.2, 0.25) is 5.91 Å². The number of hydrogen-bond acceptors (Lipinski definition) is 8. The second-order valence-electron chi connectivity index (χ2n) is 9.76. The second kappa shape index (κ2) is 8.30. The first-order valence-corrected chi connectivity index (χ1v) is 11.5. The van der Waals surface area contributed by atoms with E-state index in [-0.39, 0.29) is 24.5 Å². The largest absolute Gasteiger partial charge is 0.446 e. The fourth-order valence-corrected chi connectivity index (χ4v) is 5.44. The van der Waals surface area contributed by atoms with Gasteiger partial charge < -0.3 is 19.9 Å². The number of anilines is 1. The van der Waals surface area contributed by atoms with Gasteiger partial charge in [-0.15, -0.1) is 0 Å². The number of carbonyl (C=O) groups is 2. The number of ether oxygens (including phenoxy) is 1. The van der Waals surface area contributed by atoms with Crippen LogP contribution in [0.4, 0.5) is 10.6 Å². The fourth-order valence-electron chi connectivity index (χ4n) is 5.44.